The zero-order valence-electron chi connectivity index (χ0n) is 10.3. The van der Waals surface area contributed by atoms with Crippen LogP contribution in [0.1, 0.15) is 33.6 Å². The van der Waals surface area contributed by atoms with Gasteiger partial charge in [0.2, 0.25) is 0 Å². The summed E-state index contributed by atoms with van der Waals surface area (Å²) in [6.07, 6.45) is 2.48. The van der Waals surface area contributed by atoms with E-state index < -0.39 is 0 Å². The Morgan fingerprint density at radius 1 is 1.33 bits per heavy atom. The van der Waals surface area contributed by atoms with Crippen LogP contribution in [0.2, 0.25) is 0 Å². The smallest absolute Gasteiger partial charge is 0.0731 e. The molecule has 0 radical (unpaired) electrons. The van der Waals surface area contributed by atoms with Crippen LogP contribution in [-0.4, -0.2) is 36.3 Å². The van der Waals surface area contributed by atoms with Gasteiger partial charge < -0.3 is 10.1 Å². The molecular formula is C12H23NOS. The van der Waals surface area contributed by atoms with Crippen LogP contribution in [0.4, 0.5) is 0 Å². The Labute approximate surface area is 97.5 Å². The lowest BCUT2D eigenvalue weighted by Gasteiger charge is -2.60. The largest absolute Gasteiger partial charge is 0.378 e. The topological polar surface area (TPSA) is 21.3 Å². The van der Waals surface area contributed by atoms with E-state index in [0.717, 1.165) is 12.5 Å². The van der Waals surface area contributed by atoms with Crippen molar-refractivity contribution in [3.05, 3.63) is 0 Å². The van der Waals surface area contributed by atoms with E-state index >= 15 is 0 Å². The van der Waals surface area contributed by atoms with Gasteiger partial charge in [-0.25, -0.2) is 0 Å². The Morgan fingerprint density at radius 3 is 2.53 bits per heavy atom. The second-order valence-electron chi connectivity index (χ2n) is 5.64. The minimum absolute atomic E-state index is 0.0659. The van der Waals surface area contributed by atoms with Gasteiger partial charge >= 0.3 is 0 Å². The van der Waals surface area contributed by atoms with Crippen molar-refractivity contribution < 1.29 is 4.74 Å². The highest BCUT2D eigenvalue weighted by Gasteiger charge is 2.57. The van der Waals surface area contributed by atoms with Crippen molar-refractivity contribution in [3.63, 3.8) is 0 Å². The van der Waals surface area contributed by atoms with Crippen molar-refractivity contribution in [2.45, 2.75) is 51.3 Å². The number of ether oxygens (including phenoxy) is 1. The van der Waals surface area contributed by atoms with Gasteiger partial charge in [0.1, 0.15) is 0 Å². The first-order chi connectivity index (χ1) is 6.99. The van der Waals surface area contributed by atoms with Crippen molar-refractivity contribution in [2.75, 3.05) is 18.6 Å². The molecule has 1 saturated heterocycles. The molecule has 1 N–H and O–H groups in total. The van der Waals surface area contributed by atoms with E-state index in [9.17, 15) is 0 Å². The van der Waals surface area contributed by atoms with E-state index in [4.69, 9.17) is 4.74 Å². The molecule has 0 aromatic heterocycles. The zero-order chi connectivity index (χ0) is 11.1. The molecule has 0 amide bonds. The minimum atomic E-state index is 0.0659. The summed E-state index contributed by atoms with van der Waals surface area (Å²) in [6.45, 7) is 6.87. The summed E-state index contributed by atoms with van der Waals surface area (Å²) in [5, 5.41) is 3.79. The fraction of sp³-hybridized carbons (Fsp3) is 1.00. The average molecular weight is 229 g/mol. The predicted molar refractivity (Wildman–Crippen MR) is 66.5 cm³/mol. The second-order valence-corrected chi connectivity index (χ2v) is 6.79. The van der Waals surface area contributed by atoms with Crippen LogP contribution in [0, 0.1) is 5.41 Å². The Hall–Kier alpha value is 0.270. The highest BCUT2D eigenvalue weighted by Crippen LogP contribution is 2.51. The van der Waals surface area contributed by atoms with Crippen LogP contribution in [0.25, 0.3) is 0 Å². The molecule has 3 unspecified atom stereocenters. The van der Waals surface area contributed by atoms with Crippen molar-refractivity contribution >= 4 is 11.8 Å². The molecular weight excluding hydrogens is 206 g/mol. The number of methoxy groups -OCH3 is 1. The molecule has 3 heteroatoms. The van der Waals surface area contributed by atoms with E-state index in [-0.39, 0.29) is 11.0 Å². The van der Waals surface area contributed by atoms with E-state index in [2.05, 4.69) is 37.8 Å². The van der Waals surface area contributed by atoms with Crippen molar-refractivity contribution in [3.8, 4) is 0 Å². The summed E-state index contributed by atoms with van der Waals surface area (Å²) in [7, 11) is 1.84. The zero-order valence-corrected chi connectivity index (χ0v) is 11.1. The average Bonchev–Trinajstić information content (AvgIpc) is 2.69. The fourth-order valence-electron chi connectivity index (χ4n) is 2.71. The molecule has 0 bridgehead atoms. The number of hydrogen-bond acceptors (Lipinski definition) is 3. The van der Waals surface area contributed by atoms with Gasteiger partial charge in [-0.15, -0.1) is 0 Å². The summed E-state index contributed by atoms with van der Waals surface area (Å²) < 4.78 is 5.64. The van der Waals surface area contributed by atoms with Crippen LogP contribution in [-0.2, 0) is 4.74 Å². The maximum atomic E-state index is 5.64. The second kappa shape index (κ2) is 3.94. The Morgan fingerprint density at radius 2 is 2.07 bits per heavy atom. The maximum Gasteiger partial charge on any atom is 0.0731 e. The van der Waals surface area contributed by atoms with E-state index in [1.54, 1.807) is 0 Å². The molecule has 15 heavy (non-hydrogen) atoms. The lowest BCUT2D eigenvalue weighted by Crippen LogP contribution is -2.69. The molecule has 1 aliphatic carbocycles. The van der Waals surface area contributed by atoms with E-state index in [1.165, 1.54) is 17.9 Å². The number of rotatable bonds is 3. The SMILES string of the molecule is COC1(C)CC(NC2CCSC2)C1(C)C. The molecule has 1 heterocycles. The van der Waals surface area contributed by atoms with E-state index in [1.807, 2.05) is 7.11 Å². The molecule has 2 nitrogen and oxygen atoms in total. The van der Waals surface area contributed by atoms with Crippen molar-refractivity contribution in [1.29, 1.82) is 0 Å². The van der Waals surface area contributed by atoms with Gasteiger partial charge in [0, 0.05) is 30.4 Å². The van der Waals surface area contributed by atoms with Crippen molar-refractivity contribution in [1.82, 2.24) is 5.32 Å². The van der Waals surface area contributed by atoms with Crippen LogP contribution in [0.5, 0.6) is 0 Å². The summed E-state index contributed by atoms with van der Waals surface area (Å²) in [4.78, 5) is 0. The third kappa shape index (κ3) is 1.83. The molecule has 2 rings (SSSR count). The van der Waals surface area contributed by atoms with Gasteiger partial charge in [-0.1, -0.05) is 13.8 Å². The lowest BCUT2D eigenvalue weighted by molar-refractivity contribution is -0.181. The van der Waals surface area contributed by atoms with Crippen LogP contribution < -0.4 is 5.32 Å². The van der Waals surface area contributed by atoms with Crippen LogP contribution in [0.15, 0.2) is 0 Å². The molecule has 2 fully saturated rings. The van der Waals surface area contributed by atoms with Gasteiger partial charge in [-0.2, -0.15) is 11.8 Å². The minimum Gasteiger partial charge on any atom is -0.378 e. The third-order valence-electron chi connectivity index (χ3n) is 4.64. The van der Waals surface area contributed by atoms with Gasteiger partial charge in [0.15, 0.2) is 0 Å². The molecule has 0 spiro atoms. The first-order valence-corrected chi connectivity index (χ1v) is 7.04. The highest BCUT2D eigenvalue weighted by molar-refractivity contribution is 7.99. The third-order valence-corrected chi connectivity index (χ3v) is 5.81. The highest BCUT2D eigenvalue weighted by atomic mass is 32.2. The molecule has 0 aromatic rings. The van der Waals surface area contributed by atoms with Crippen molar-refractivity contribution in [2.24, 2.45) is 5.41 Å². The monoisotopic (exact) mass is 229 g/mol. The number of nitrogens with one attached hydrogen (secondary N) is 1. The molecule has 88 valence electrons. The van der Waals surface area contributed by atoms with Crippen LogP contribution >= 0.6 is 11.8 Å². The van der Waals surface area contributed by atoms with Gasteiger partial charge in [0.25, 0.3) is 0 Å². The Kier molecular flexibility index (Phi) is 3.08. The Balaban J connectivity index is 1.91. The molecule has 2 aliphatic rings. The molecule has 3 atom stereocenters. The first kappa shape index (κ1) is 11.7. The predicted octanol–water partition coefficient (Wildman–Crippen LogP) is 2.29. The first-order valence-electron chi connectivity index (χ1n) is 5.88. The molecule has 1 saturated carbocycles. The molecule has 0 aromatic carbocycles. The van der Waals surface area contributed by atoms with Gasteiger partial charge in [-0.3, -0.25) is 0 Å². The fourth-order valence-corrected chi connectivity index (χ4v) is 3.87. The maximum absolute atomic E-state index is 5.64. The normalized spacial score (nSPS) is 44.0. The van der Waals surface area contributed by atoms with E-state index in [0.29, 0.717) is 6.04 Å². The quantitative estimate of drug-likeness (QED) is 0.802. The standard InChI is InChI=1S/C12H23NOS/c1-11(2)10(7-12(11,3)14-4)13-9-5-6-15-8-9/h9-10,13H,5-8H2,1-4H3. The summed E-state index contributed by atoms with van der Waals surface area (Å²) in [6, 6.07) is 1.37. The van der Waals surface area contributed by atoms with Gasteiger partial charge in [-0.05, 0) is 25.5 Å². The van der Waals surface area contributed by atoms with Gasteiger partial charge in [0.05, 0.1) is 5.60 Å². The Bertz CT molecular complexity index is 238. The lowest BCUT2D eigenvalue weighted by atomic mass is 9.55. The number of hydrogen-bond donors (Lipinski definition) is 1. The molecule has 1 aliphatic heterocycles. The summed E-state index contributed by atoms with van der Waals surface area (Å²) >= 11 is 2.07. The number of thioether (sulfide) groups is 1. The summed E-state index contributed by atoms with van der Waals surface area (Å²) in [5.41, 5.74) is 0.325. The summed E-state index contributed by atoms with van der Waals surface area (Å²) in [5.74, 6) is 2.61. The van der Waals surface area contributed by atoms with Crippen LogP contribution in [0.3, 0.4) is 0 Å².